The van der Waals surface area contributed by atoms with E-state index in [0.717, 1.165) is 55.3 Å². The van der Waals surface area contributed by atoms with Gasteiger partial charge >= 0.3 is 0 Å². The predicted molar refractivity (Wildman–Crippen MR) is 211 cm³/mol. The summed E-state index contributed by atoms with van der Waals surface area (Å²) in [7, 11) is 0. The molecule has 0 saturated heterocycles. The van der Waals surface area contributed by atoms with Crippen molar-refractivity contribution in [1.29, 1.82) is 0 Å². The molecule has 0 atom stereocenters. The topological polar surface area (TPSA) is 56.7 Å². The van der Waals surface area contributed by atoms with E-state index in [0.29, 0.717) is 17.5 Å². The Hall–Kier alpha value is -6.63. The van der Waals surface area contributed by atoms with E-state index in [1.54, 1.807) is 11.3 Å². The van der Waals surface area contributed by atoms with Gasteiger partial charge in [0.15, 0.2) is 17.5 Å². The van der Waals surface area contributed by atoms with Crippen LogP contribution in [0.4, 0.5) is 0 Å². The van der Waals surface area contributed by atoms with Crippen molar-refractivity contribution in [2.75, 3.05) is 0 Å². The normalized spacial score (nSPS) is 11.9. The Morgan fingerprint density at radius 2 is 1.04 bits per heavy atom. The zero-order valence-corrected chi connectivity index (χ0v) is 27.9. The third-order valence-electron chi connectivity index (χ3n) is 9.86. The van der Waals surface area contributed by atoms with Crippen LogP contribution < -0.4 is 0 Å². The van der Waals surface area contributed by atoms with E-state index in [1.165, 1.54) is 30.9 Å². The standard InChI is InChI=1S/C45H26N4OS/c1-5-19-37-30(13-1)31-14-2-6-20-38(31)49(37)29-12-9-11-27(25-29)43-46-44(28-23-24-41-36(26-28)33-16-4-8-22-40(33)51-41)48-45(47-43)35-18-10-17-34-32-15-3-7-21-39(32)50-42(34)35/h1-26H. The van der Waals surface area contributed by atoms with Crippen molar-refractivity contribution in [2.24, 2.45) is 0 Å². The van der Waals surface area contributed by atoms with Gasteiger partial charge in [0.1, 0.15) is 11.2 Å². The van der Waals surface area contributed by atoms with Crippen LogP contribution in [0.5, 0.6) is 0 Å². The zero-order chi connectivity index (χ0) is 33.5. The quantitative estimate of drug-likeness (QED) is 0.187. The van der Waals surface area contributed by atoms with Gasteiger partial charge in [0, 0.05) is 58.5 Å². The lowest BCUT2D eigenvalue weighted by atomic mass is 10.1. The SMILES string of the molecule is c1cc(-c2nc(-c3ccc4sc5ccccc5c4c3)nc(-c3cccc4c3oc3ccccc34)n2)cc(-n2c3ccccc3c3ccccc32)c1. The number of para-hydroxylation sites is 4. The minimum absolute atomic E-state index is 0.567. The second-order valence-corrected chi connectivity index (χ2v) is 13.9. The lowest BCUT2D eigenvalue weighted by Crippen LogP contribution is -2.01. The van der Waals surface area contributed by atoms with Crippen LogP contribution in [0.25, 0.3) is 104 Å². The monoisotopic (exact) mass is 670 g/mol. The molecule has 0 unspecified atom stereocenters. The minimum atomic E-state index is 0.567. The van der Waals surface area contributed by atoms with E-state index in [9.17, 15) is 0 Å². The molecule has 11 rings (SSSR count). The highest BCUT2D eigenvalue weighted by Crippen LogP contribution is 2.39. The maximum atomic E-state index is 6.47. The van der Waals surface area contributed by atoms with Gasteiger partial charge in [-0.3, -0.25) is 0 Å². The lowest BCUT2D eigenvalue weighted by Gasteiger charge is -2.12. The highest BCUT2D eigenvalue weighted by molar-refractivity contribution is 7.25. The molecule has 0 N–H and O–H groups in total. The molecule has 0 bridgehead atoms. The molecule has 0 fully saturated rings. The van der Waals surface area contributed by atoms with Gasteiger partial charge in [0.25, 0.3) is 0 Å². The summed E-state index contributed by atoms with van der Waals surface area (Å²) in [6.07, 6.45) is 0. The van der Waals surface area contributed by atoms with Crippen LogP contribution in [0.15, 0.2) is 162 Å². The van der Waals surface area contributed by atoms with Crippen molar-refractivity contribution < 1.29 is 4.42 Å². The molecule has 0 radical (unpaired) electrons. The first kappa shape index (κ1) is 28.2. The van der Waals surface area contributed by atoms with E-state index < -0.39 is 0 Å². The van der Waals surface area contributed by atoms with Gasteiger partial charge in [0.05, 0.1) is 16.6 Å². The largest absolute Gasteiger partial charge is 0.455 e. The summed E-state index contributed by atoms with van der Waals surface area (Å²) < 4.78 is 11.3. The number of aromatic nitrogens is 4. The second kappa shape index (κ2) is 10.9. The average molecular weight is 671 g/mol. The fourth-order valence-electron chi connectivity index (χ4n) is 7.53. The Labute approximate surface area is 295 Å². The Balaban J connectivity index is 1.15. The first-order chi connectivity index (χ1) is 25.3. The van der Waals surface area contributed by atoms with Crippen LogP contribution in [0.1, 0.15) is 0 Å². The predicted octanol–water partition coefficient (Wildman–Crippen LogP) is 12.2. The first-order valence-electron chi connectivity index (χ1n) is 16.9. The van der Waals surface area contributed by atoms with E-state index in [1.807, 2.05) is 24.3 Å². The van der Waals surface area contributed by atoms with Gasteiger partial charge in [-0.05, 0) is 60.7 Å². The molecular formula is C45H26N4OS. The molecule has 11 aromatic rings. The molecule has 0 saturated carbocycles. The maximum absolute atomic E-state index is 6.47. The maximum Gasteiger partial charge on any atom is 0.167 e. The number of furan rings is 1. The molecule has 238 valence electrons. The average Bonchev–Trinajstić information content (AvgIpc) is 3.87. The number of thiophene rings is 1. The van der Waals surface area contributed by atoms with Crippen molar-refractivity contribution >= 4 is 75.3 Å². The van der Waals surface area contributed by atoms with Crippen LogP contribution in [0.2, 0.25) is 0 Å². The van der Waals surface area contributed by atoms with Crippen LogP contribution in [0.3, 0.4) is 0 Å². The molecule has 7 aromatic carbocycles. The van der Waals surface area contributed by atoms with E-state index in [2.05, 4.69) is 138 Å². The van der Waals surface area contributed by atoms with Gasteiger partial charge in [0.2, 0.25) is 0 Å². The van der Waals surface area contributed by atoms with Crippen LogP contribution in [-0.4, -0.2) is 19.5 Å². The molecule has 0 aliphatic carbocycles. The zero-order valence-electron chi connectivity index (χ0n) is 27.1. The van der Waals surface area contributed by atoms with Gasteiger partial charge in [-0.1, -0.05) is 97.1 Å². The van der Waals surface area contributed by atoms with Crippen LogP contribution >= 0.6 is 11.3 Å². The van der Waals surface area contributed by atoms with Gasteiger partial charge in [-0.25, -0.2) is 15.0 Å². The molecular weight excluding hydrogens is 645 g/mol. The van der Waals surface area contributed by atoms with E-state index in [-0.39, 0.29) is 0 Å². The number of benzene rings is 7. The number of hydrogen-bond acceptors (Lipinski definition) is 5. The molecule has 0 spiro atoms. The molecule has 0 amide bonds. The van der Waals surface area contributed by atoms with E-state index >= 15 is 0 Å². The lowest BCUT2D eigenvalue weighted by molar-refractivity contribution is 0.669. The Bertz CT molecular complexity index is 3120. The smallest absolute Gasteiger partial charge is 0.167 e. The van der Waals surface area contributed by atoms with Crippen molar-refractivity contribution in [3.8, 4) is 39.9 Å². The van der Waals surface area contributed by atoms with Crippen molar-refractivity contribution in [2.45, 2.75) is 0 Å². The summed E-state index contributed by atoms with van der Waals surface area (Å²) >= 11 is 1.80. The molecule has 4 aromatic heterocycles. The molecule has 51 heavy (non-hydrogen) atoms. The highest BCUT2D eigenvalue weighted by atomic mass is 32.1. The Morgan fingerprint density at radius 1 is 0.431 bits per heavy atom. The number of rotatable bonds is 4. The van der Waals surface area contributed by atoms with Gasteiger partial charge in [-0.15, -0.1) is 11.3 Å². The first-order valence-corrected chi connectivity index (χ1v) is 17.8. The highest BCUT2D eigenvalue weighted by Gasteiger charge is 2.19. The summed E-state index contributed by atoms with van der Waals surface area (Å²) in [5, 5.41) is 6.98. The molecule has 0 aliphatic heterocycles. The Morgan fingerprint density at radius 3 is 1.84 bits per heavy atom. The van der Waals surface area contributed by atoms with Crippen molar-refractivity contribution in [3.05, 3.63) is 158 Å². The molecule has 6 heteroatoms. The fourth-order valence-corrected chi connectivity index (χ4v) is 8.61. The minimum Gasteiger partial charge on any atom is -0.455 e. The van der Waals surface area contributed by atoms with Gasteiger partial charge in [-0.2, -0.15) is 0 Å². The Kier molecular flexibility index (Phi) is 6.05. The third kappa shape index (κ3) is 4.37. The van der Waals surface area contributed by atoms with Crippen LogP contribution in [-0.2, 0) is 0 Å². The number of nitrogens with zero attached hydrogens (tertiary/aromatic N) is 4. The van der Waals surface area contributed by atoms with E-state index in [4.69, 9.17) is 19.4 Å². The summed E-state index contributed by atoms with van der Waals surface area (Å²) in [5.41, 5.74) is 7.61. The van der Waals surface area contributed by atoms with Crippen molar-refractivity contribution in [1.82, 2.24) is 19.5 Å². The van der Waals surface area contributed by atoms with Crippen molar-refractivity contribution in [3.63, 3.8) is 0 Å². The summed E-state index contributed by atoms with van der Waals surface area (Å²) in [6, 6.07) is 55.0. The molecule has 5 nitrogen and oxygen atoms in total. The fraction of sp³-hybridized carbons (Fsp3) is 0. The summed E-state index contributed by atoms with van der Waals surface area (Å²) in [4.78, 5) is 15.5. The number of fused-ring (bicyclic) bond motifs is 9. The molecule has 4 heterocycles. The third-order valence-corrected chi connectivity index (χ3v) is 11.0. The molecule has 0 aliphatic rings. The summed E-state index contributed by atoms with van der Waals surface area (Å²) in [5.74, 6) is 1.78. The van der Waals surface area contributed by atoms with Gasteiger partial charge < -0.3 is 8.98 Å². The summed E-state index contributed by atoms with van der Waals surface area (Å²) in [6.45, 7) is 0. The van der Waals surface area contributed by atoms with Crippen LogP contribution in [0, 0.1) is 0 Å². The number of hydrogen-bond donors (Lipinski definition) is 0. The second-order valence-electron chi connectivity index (χ2n) is 12.8.